The summed E-state index contributed by atoms with van der Waals surface area (Å²) in [5.74, 6) is 0.957. The van der Waals surface area contributed by atoms with E-state index in [9.17, 15) is 25.5 Å². The quantitative estimate of drug-likeness (QED) is 0.113. The van der Waals surface area contributed by atoms with E-state index >= 15 is 0 Å². The molecule has 0 heterocycles. The largest absolute Gasteiger partial charge is 0.493 e. The van der Waals surface area contributed by atoms with Gasteiger partial charge in [-0.2, -0.15) is 5.26 Å². The van der Waals surface area contributed by atoms with E-state index in [1.165, 1.54) is 43.5 Å². The fourth-order valence-electron chi connectivity index (χ4n) is 2.94. The van der Waals surface area contributed by atoms with Crippen LogP contribution in [0.5, 0.6) is 11.5 Å². The van der Waals surface area contributed by atoms with E-state index in [1.807, 2.05) is 6.07 Å². The third-order valence-electron chi connectivity index (χ3n) is 4.60. The molecule has 33 heavy (non-hydrogen) atoms. The number of hydrogen-bond acceptors (Lipinski definition) is 7. The molecule has 0 saturated carbocycles. The highest BCUT2D eigenvalue weighted by molar-refractivity contribution is 14.1. The Balaban J connectivity index is 1.84. The van der Waals surface area contributed by atoms with Gasteiger partial charge in [-0.3, -0.25) is 20.2 Å². The standard InChI is InChI=1S/C23H16IN3O6/c1-32-22-12-16(10-18(13-25)17-4-8-20(9-5-17)27(30)31)11-21(24)23(22)33-14-15-2-6-19(7-3-15)26(28)29/h2-12H,14H2,1H3. The number of allylic oxidation sites excluding steroid dienone is 1. The van der Waals surface area contributed by atoms with Crippen LogP contribution in [0, 0.1) is 35.1 Å². The number of nitrogens with zero attached hydrogens (tertiary/aromatic N) is 3. The Hall–Kier alpha value is -3.98. The fourth-order valence-corrected chi connectivity index (χ4v) is 3.72. The third-order valence-corrected chi connectivity index (χ3v) is 5.40. The van der Waals surface area contributed by atoms with Crippen LogP contribution in [0.1, 0.15) is 16.7 Å². The normalized spacial score (nSPS) is 10.9. The third kappa shape index (κ3) is 5.83. The number of ether oxygens (including phenoxy) is 2. The van der Waals surface area contributed by atoms with E-state index in [0.717, 1.165) is 9.13 Å². The highest BCUT2D eigenvalue weighted by Crippen LogP contribution is 2.36. The van der Waals surface area contributed by atoms with Gasteiger partial charge in [-0.1, -0.05) is 0 Å². The number of rotatable bonds is 8. The van der Waals surface area contributed by atoms with Gasteiger partial charge in [-0.15, -0.1) is 0 Å². The first-order valence-electron chi connectivity index (χ1n) is 9.42. The first-order chi connectivity index (χ1) is 15.8. The van der Waals surface area contributed by atoms with Crippen LogP contribution in [0.2, 0.25) is 0 Å². The van der Waals surface area contributed by atoms with Crippen LogP contribution in [-0.2, 0) is 6.61 Å². The molecule has 3 aromatic carbocycles. The molecule has 3 aromatic rings. The summed E-state index contributed by atoms with van der Waals surface area (Å²) in [7, 11) is 1.50. The molecule has 3 rings (SSSR count). The maximum Gasteiger partial charge on any atom is 0.269 e. The summed E-state index contributed by atoms with van der Waals surface area (Å²) in [5, 5.41) is 31.2. The number of hydrogen-bond donors (Lipinski definition) is 0. The topological polar surface area (TPSA) is 129 Å². The van der Waals surface area contributed by atoms with Gasteiger partial charge >= 0.3 is 0 Å². The molecule has 0 radical (unpaired) electrons. The molecule has 166 valence electrons. The van der Waals surface area contributed by atoms with Crippen LogP contribution in [0.3, 0.4) is 0 Å². The summed E-state index contributed by atoms with van der Waals surface area (Å²) in [6.45, 7) is 0.186. The Bertz CT molecular complexity index is 1270. The number of non-ortho nitro benzene ring substituents is 2. The second kappa shape index (κ2) is 10.6. The molecule has 0 bridgehead atoms. The maximum absolute atomic E-state index is 10.8. The Labute approximate surface area is 202 Å². The Morgan fingerprint density at radius 3 is 2.12 bits per heavy atom. The van der Waals surface area contributed by atoms with Crippen molar-refractivity contribution in [2.45, 2.75) is 6.61 Å². The highest BCUT2D eigenvalue weighted by atomic mass is 127. The van der Waals surface area contributed by atoms with Crippen molar-refractivity contribution in [2.75, 3.05) is 7.11 Å². The molecule has 10 heteroatoms. The number of benzene rings is 3. The van der Waals surface area contributed by atoms with Crippen molar-refractivity contribution in [3.63, 3.8) is 0 Å². The molecule has 0 atom stereocenters. The molecule has 0 aliphatic rings. The van der Waals surface area contributed by atoms with Crippen LogP contribution in [0.4, 0.5) is 11.4 Å². The van der Waals surface area contributed by atoms with E-state index in [1.54, 1.807) is 24.3 Å². The van der Waals surface area contributed by atoms with Crippen molar-refractivity contribution in [3.05, 3.63) is 101 Å². The van der Waals surface area contributed by atoms with E-state index in [-0.39, 0.29) is 18.0 Å². The van der Waals surface area contributed by atoms with Crippen LogP contribution in [0.15, 0.2) is 60.7 Å². The van der Waals surface area contributed by atoms with Gasteiger partial charge in [-0.05, 0) is 81.8 Å². The Kier molecular flexibility index (Phi) is 7.57. The van der Waals surface area contributed by atoms with Crippen molar-refractivity contribution in [1.82, 2.24) is 0 Å². The zero-order valence-electron chi connectivity index (χ0n) is 17.2. The first kappa shape index (κ1) is 23.7. The molecule has 0 aliphatic heterocycles. The van der Waals surface area contributed by atoms with Gasteiger partial charge in [0.05, 0.1) is 32.2 Å². The summed E-state index contributed by atoms with van der Waals surface area (Å²) in [6, 6.07) is 17.5. The molecular formula is C23H16IN3O6. The molecule has 0 amide bonds. The summed E-state index contributed by atoms with van der Waals surface area (Å²) in [5.41, 5.74) is 2.28. The van der Waals surface area contributed by atoms with Gasteiger partial charge in [0, 0.05) is 24.3 Å². The van der Waals surface area contributed by atoms with Crippen molar-refractivity contribution in [1.29, 1.82) is 5.26 Å². The summed E-state index contributed by atoms with van der Waals surface area (Å²) < 4.78 is 12.1. The zero-order valence-corrected chi connectivity index (χ0v) is 19.4. The molecule has 0 aliphatic carbocycles. The van der Waals surface area contributed by atoms with E-state index < -0.39 is 9.85 Å². The van der Waals surface area contributed by atoms with Crippen molar-refractivity contribution >= 4 is 45.6 Å². The van der Waals surface area contributed by atoms with Gasteiger partial charge in [-0.25, -0.2) is 0 Å². The number of halogens is 1. The lowest BCUT2D eigenvalue weighted by Gasteiger charge is -2.14. The number of nitro benzene ring substituents is 2. The lowest BCUT2D eigenvalue weighted by atomic mass is 10.0. The minimum atomic E-state index is -0.498. The summed E-state index contributed by atoms with van der Waals surface area (Å²) >= 11 is 2.10. The van der Waals surface area contributed by atoms with Crippen molar-refractivity contribution < 1.29 is 19.3 Å². The van der Waals surface area contributed by atoms with E-state index in [4.69, 9.17) is 9.47 Å². The monoisotopic (exact) mass is 557 g/mol. The number of nitriles is 1. The molecule has 0 aromatic heterocycles. The Morgan fingerprint density at radius 1 is 1.03 bits per heavy atom. The molecule has 0 unspecified atom stereocenters. The van der Waals surface area contributed by atoms with Gasteiger partial charge < -0.3 is 9.47 Å². The van der Waals surface area contributed by atoms with Crippen molar-refractivity contribution in [3.8, 4) is 17.6 Å². The first-order valence-corrected chi connectivity index (χ1v) is 10.5. The van der Waals surface area contributed by atoms with Gasteiger partial charge in [0.1, 0.15) is 6.61 Å². The van der Waals surface area contributed by atoms with Crippen LogP contribution >= 0.6 is 22.6 Å². The minimum Gasteiger partial charge on any atom is -0.493 e. The maximum atomic E-state index is 10.8. The molecule has 0 fully saturated rings. The van der Waals surface area contributed by atoms with E-state index in [0.29, 0.717) is 28.2 Å². The predicted molar refractivity (Wildman–Crippen MR) is 130 cm³/mol. The van der Waals surface area contributed by atoms with Crippen LogP contribution in [-0.4, -0.2) is 17.0 Å². The SMILES string of the molecule is COc1cc(C=C(C#N)c2ccc([N+](=O)[O-])cc2)cc(I)c1OCc1ccc([N+](=O)[O-])cc1. The van der Waals surface area contributed by atoms with E-state index in [2.05, 4.69) is 28.7 Å². The highest BCUT2D eigenvalue weighted by Gasteiger charge is 2.13. The average Bonchev–Trinajstić information content (AvgIpc) is 2.81. The van der Waals surface area contributed by atoms with Crippen LogP contribution in [0.25, 0.3) is 11.6 Å². The summed E-state index contributed by atoms with van der Waals surface area (Å²) in [6.07, 6.45) is 1.66. The van der Waals surface area contributed by atoms with Gasteiger partial charge in [0.25, 0.3) is 11.4 Å². The van der Waals surface area contributed by atoms with Gasteiger partial charge in [0.15, 0.2) is 11.5 Å². The number of methoxy groups -OCH3 is 1. The van der Waals surface area contributed by atoms with Gasteiger partial charge in [0.2, 0.25) is 0 Å². The zero-order chi connectivity index (χ0) is 24.0. The van der Waals surface area contributed by atoms with Crippen LogP contribution < -0.4 is 9.47 Å². The molecule has 0 spiro atoms. The molecule has 9 nitrogen and oxygen atoms in total. The average molecular weight is 557 g/mol. The molecule has 0 saturated heterocycles. The second-order valence-electron chi connectivity index (χ2n) is 6.72. The Morgan fingerprint density at radius 2 is 1.61 bits per heavy atom. The second-order valence-corrected chi connectivity index (χ2v) is 7.88. The lowest BCUT2D eigenvalue weighted by molar-refractivity contribution is -0.385. The lowest BCUT2D eigenvalue weighted by Crippen LogP contribution is -2.00. The minimum absolute atomic E-state index is 0.00312. The predicted octanol–water partition coefficient (Wildman–Crippen LogP) is 5.76. The summed E-state index contributed by atoms with van der Waals surface area (Å²) in [4.78, 5) is 20.7. The number of nitro groups is 2. The molecule has 0 N–H and O–H groups in total. The van der Waals surface area contributed by atoms with Crippen molar-refractivity contribution in [2.24, 2.45) is 0 Å². The molecular weight excluding hydrogens is 541 g/mol. The fraction of sp³-hybridized carbons (Fsp3) is 0.0870. The smallest absolute Gasteiger partial charge is 0.269 e.